The summed E-state index contributed by atoms with van der Waals surface area (Å²) in [6.45, 7) is 6.68. The smallest absolute Gasteiger partial charge is 0.248 e. The first-order valence-electron chi connectivity index (χ1n) is 9.51. The molecule has 2 aliphatic rings. The summed E-state index contributed by atoms with van der Waals surface area (Å²) in [4.78, 5) is 25.8. The number of fused-ring (bicyclic) bond motifs is 1. The standard InChI is InChI=1S/C18H29N5O4/c1-13(2)7-16(24)19-8-14-15-9-27-18(12-23(15)21-20-14)5-4-6-22(11-18)17(25)10-26-3/h13H,4-12H2,1-3H3,(H,19,24). The number of amides is 2. The first kappa shape index (κ1) is 19.8. The van der Waals surface area contributed by atoms with Crippen molar-refractivity contribution in [3.05, 3.63) is 11.4 Å². The Hall–Kier alpha value is -2.00. The third-order valence-corrected chi connectivity index (χ3v) is 5.08. The van der Waals surface area contributed by atoms with Crippen LogP contribution < -0.4 is 5.32 Å². The zero-order valence-electron chi connectivity index (χ0n) is 16.4. The van der Waals surface area contributed by atoms with E-state index >= 15 is 0 Å². The van der Waals surface area contributed by atoms with E-state index in [0.29, 0.717) is 38.6 Å². The van der Waals surface area contributed by atoms with Crippen LogP contribution in [-0.2, 0) is 38.8 Å². The van der Waals surface area contributed by atoms with Gasteiger partial charge in [0, 0.05) is 20.1 Å². The van der Waals surface area contributed by atoms with Crippen LogP contribution in [-0.4, -0.2) is 64.1 Å². The average Bonchev–Trinajstić information content (AvgIpc) is 3.01. The van der Waals surface area contributed by atoms with Crippen molar-refractivity contribution in [2.45, 2.75) is 58.4 Å². The highest BCUT2D eigenvalue weighted by Gasteiger charge is 2.42. The SMILES string of the molecule is COCC(=O)N1CCCC2(C1)Cn1nnc(CNC(=O)CC(C)C)c1CO2. The van der Waals surface area contributed by atoms with Crippen molar-refractivity contribution < 1.29 is 19.1 Å². The second-order valence-corrected chi connectivity index (χ2v) is 7.84. The summed E-state index contributed by atoms with van der Waals surface area (Å²) < 4.78 is 13.0. The van der Waals surface area contributed by atoms with E-state index in [-0.39, 0.29) is 18.4 Å². The van der Waals surface area contributed by atoms with Gasteiger partial charge in [-0.15, -0.1) is 5.10 Å². The van der Waals surface area contributed by atoms with Crippen molar-refractivity contribution in [2.24, 2.45) is 5.92 Å². The lowest BCUT2D eigenvalue weighted by Crippen LogP contribution is -2.56. The maximum Gasteiger partial charge on any atom is 0.248 e. The average molecular weight is 379 g/mol. The molecular formula is C18H29N5O4. The molecule has 9 nitrogen and oxygen atoms in total. The van der Waals surface area contributed by atoms with Crippen molar-refractivity contribution in [3.8, 4) is 0 Å². The number of hydrogen-bond acceptors (Lipinski definition) is 6. The van der Waals surface area contributed by atoms with E-state index in [9.17, 15) is 9.59 Å². The van der Waals surface area contributed by atoms with Crippen molar-refractivity contribution in [1.29, 1.82) is 0 Å². The van der Waals surface area contributed by atoms with Gasteiger partial charge in [0.2, 0.25) is 11.8 Å². The van der Waals surface area contributed by atoms with Crippen molar-refractivity contribution in [1.82, 2.24) is 25.2 Å². The Morgan fingerprint density at radius 1 is 1.37 bits per heavy atom. The maximum atomic E-state index is 12.2. The number of likely N-dealkylation sites (tertiary alicyclic amines) is 1. The van der Waals surface area contributed by atoms with Crippen LogP contribution >= 0.6 is 0 Å². The van der Waals surface area contributed by atoms with Crippen molar-refractivity contribution in [2.75, 3.05) is 26.8 Å². The lowest BCUT2D eigenvalue weighted by atomic mass is 9.91. The molecule has 1 unspecified atom stereocenters. The molecule has 9 heteroatoms. The Labute approximate surface area is 159 Å². The van der Waals surface area contributed by atoms with Gasteiger partial charge in [0.25, 0.3) is 0 Å². The van der Waals surface area contributed by atoms with Crippen molar-refractivity contribution in [3.63, 3.8) is 0 Å². The Morgan fingerprint density at radius 2 is 2.19 bits per heavy atom. The van der Waals surface area contributed by atoms with E-state index in [4.69, 9.17) is 9.47 Å². The molecule has 27 heavy (non-hydrogen) atoms. The number of carbonyl (C=O) groups is 2. The highest BCUT2D eigenvalue weighted by Crippen LogP contribution is 2.32. The first-order valence-corrected chi connectivity index (χ1v) is 9.51. The topological polar surface area (TPSA) is 98.6 Å². The lowest BCUT2D eigenvalue weighted by Gasteiger charge is -2.44. The molecule has 3 heterocycles. The Bertz CT molecular complexity index is 689. The van der Waals surface area contributed by atoms with E-state index < -0.39 is 5.60 Å². The number of piperidine rings is 1. The molecule has 1 aromatic rings. The summed E-state index contributed by atoms with van der Waals surface area (Å²) in [5, 5.41) is 11.4. The fraction of sp³-hybridized carbons (Fsp3) is 0.778. The lowest BCUT2D eigenvalue weighted by molar-refractivity contribution is -0.155. The minimum absolute atomic E-state index is 0.0134. The predicted molar refractivity (Wildman–Crippen MR) is 96.5 cm³/mol. The molecule has 0 aromatic carbocycles. The molecule has 0 bridgehead atoms. The normalized spacial score (nSPS) is 22.1. The van der Waals surface area contributed by atoms with E-state index in [2.05, 4.69) is 15.6 Å². The minimum atomic E-state index is -0.430. The molecule has 3 rings (SSSR count). The van der Waals surface area contributed by atoms with E-state index in [1.165, 1.54) is 7.11 Å². The maximum absolute atomic E-state index is 12.2. The van der Waals surface area contributed by atoms with E-state index in [1.807, 2.05) is 23.4 Å². The Kier molecular flexibility index (Phi) is 6.11. The monoisotopic (exact) mass is 379 g/mol. The van der Waals surface area contributed by atoms with Gasteiger partial charge in [-0.25, -0.2) is 4.68 Å². The van der Waals surface area contributed by atoms with Gasteiger partial charge < -0.3 is 19.7 Å². The molecule has 0 saturated carbocycles. The van der Waals surface area contributed by atoms with Gasteiger partial charge in [-0.05, 0) is 18.8 Å². The second-order valence-electron chi connectivity index (χ2n) is 7.84. The van der Waals surface area contributed by atoms with Crippen LogP contribution in [0.15, 0.2) is 0 Å². The molecule has 1 atom stereocenters. The van der Waals surface area contributed by atoms with Gasteiger partial charge in [-0.2, -0.15) is 0 Å². The number of aromatic nitrogens is 3. The minimum Gasteiger partial charge on any atom is -0.375 e. The van der Waals surface area contributed by atoms with Gasteiger partial charge in [0.15, 0.2) is 0 Å². The summed E-state index contributed by atoms with van der Waals surface area (Å²) in [6, 6.07) is 0. The number of ether oxygens (including phenoxy) is 2. The van der Waals surface area contributed by atoms with E-state index in [1.54, 1.807) is 0 Å². The molecule has 2 amide bonds. The molecule has 1 N–H and O–H groups in total. The number of carbonyl (C=O) groups excluding carboxylic acids is 2. The van der Waals surface area contributed by atoms with Crippen LogP contribution in [0, 0.1) is 5.92 Å². The summed E-state index contributed by atoms with van der Waals surface area (Å²) in [5.41, 5.74) is 1.21. The molecule has 1 fully saturated rings. The summed E-state index contributed by atoms with van der Waals surface area (Å²) in [6.07, 6.45) is 2.26. The summed E-state index contributed by atoms with van der Waals surface area (Å²) in [7, 11) is 1.53. The summed E-state index contributed by atoms with van der Waals surface area (Å²) >= 11 is 0. The van der Waals surface area contributed by atoms with Crippen LogP contribution in [0.25, 0.3) is 0 Å². The van der Waals surface area contributed by atoms with Crippen LogP contribution in [0.2, 0.25) is 0 Å². The molecule has 150 valence electrons. The van der Waals surface area contributed by atoms with Crippen LogP contribution in [0.4, 0.5) is 0 Å². The molecular weight excluding hydrogens is 350 g/mol. The largest absolute Gasteiger partial charge is 0.375 e. The fourth-order valence-corrected chi connectivity index (χ4v) is 3.73. The number of methoxy groups -OCH3 is 1. The predicted octanol–water partition coefficient (Wildman–Crippen LogP) is 0.478. The van der Waals surface area contributed by atoms with Gasteiger partial charge in [0.05, 0.1) is 31.9 Å². The third kappa shape index (κ3) is 4.65. The zero-order valence-corrected chi connectivity index (χ0v) is 16.4. The number of hydrogen-bond donors (Lipinski definition) is 1. The van der Waals surface area contributed by atoms with E-state index in [0.717, 1.165) is 30.8 Å². The number of nitrogens with zero attached hydrogens (tertiary/aromatic N) is 4. The molecule has 0 radical (unpaired) electrons. The van der Waals surface area contributed by atoms with Gasteiger partial charge in [0.1, 0.15) is 17.9 Å². The first-order chi connectivity index (χ1) is 12.9. The Morgan fingerprint density at radius 3 is 2.93 bits per heavy atom. The third-order valence-electron chi connectivity index (χ3n) is 5.08. The fourth-order valence-electron chi connectivity index (χ4n) is 3.73. The second kappa shape index (κ2) is 8.35. The Balaban J connectivity index is 1.63. The van der Waals surface area contributed by atoms with Gasteiger partial charge >= 0.3 is 0 Å². The molecule has 1 spiro atoms. The molecule has 0 aliphatic carbocycles. The zero-order chi connectivity index (χ0) is 19.4. The van der Waals surface area contributed by atoms with Crippen molar-refractivity contribution >= 4 is 11.8 Å². The van der Waals surface area contributed by atoms with Crippen LogP contribution in [0.3, 0.4) is 0 Å². The molecule has 1 saturated heterocycles. The molecule has 2 aliphatic heterocycles. The van der Waals surface area contributed by atoms with Crippen LogP contribution in [0.5, 0.6) is 0 Å². The molecule has 1 aromatic heterocycles. The highest BCUT2D eigenvalue weighted by atomic mass is 16.5. The quantitative estimate of drug-likeness (QED) is 0.772. The van der Waals surface area contributed by atoms with Crippen LogP contribution in [0.1, 0.15) is 44.5 Å². The van der Waals surface area contributed by atoms with Gasteiger partial charge in [-0.3, -0.25) is 9.59 Å². The summed E-state index contributed by atoms with van der Waals surface area (Å²) in [5.74, 6) is 0.315. The number of nitrogens with one attached hydrogen (secondary N) is 1. The highest BCUT2D eigenvalue weighted by molar-refractivity contribution is 5.77. The van der Waals surface area contributed by atoms with Gasteiger partial charge in [-0.1, -0.05) is 19.1 Å². The number of rotatable bonds is 6.